The highest BCUT2D eigenvalue weighted by Crippen LogP contribution is 2.50. The first-order chi connectivity index (χ1) is 17.0. The number of allylic oxidation sites excluding steroid dienone is 2. The van der Waals surface area contributed by atoms with Gasteiger partial charge in [-0.1, -0.05) is 92.3 Å². The number of ether oxygens (including phenoxy) is 1. The number of hydroxylamine groups is 2. The van der Waals surface area contributed by atoms with Crippen LogP contribution in [0.5, 0.6) is 0 Å². The lowest BCUT2D eigenvalue weighted by molar-refractivity contribution is -0.240. The van der Waals surface area contributed by atoms with Gasteiger partial charge in [0.05, 0.1) is 19.3 Å². The van der Waals surface area contributed by atoms with E-state index in [1.165, 1.54) is 24.0 Å². The molecule has 2 aromatic rings. The number of fused-ring (bicyclic) bond motifs is 1. The predicted molar refractivity (Wildman–Crippen MR) is 147 cm³/mol. The lowest BCUT2D eigenvalue weighted by atomic mass is 9.78. The molecular weight excluding hydrogens is 446 g/mol. The van der Waals surface area contributed by atoms with E-state index in [-0.39, 0.29) is 11.6 Å². The van der Waals surface area contributed by atoms with Crippen molar-refractivity contribution in [1.82, 2.24) is 5.06 Å². The van der Waals surface area contributed by atoms with Crippen molar-refractivity contribution in [3.63, 3.8) is 0 Å². The summed E-state index contributed by atoms with van der Waals surface area (Å²) in [6, 6.07) is 21.5. The molecule has 0 amide bonds. The van der Waals surface area contributed by atoms with Crippen molar-refractivity contribution >= 4 is 8.07 Å². The zero-order valence-electron chi connectivity index (χ0n) is 21.7. The zero-order valence-corrected chi connectivity index (χ0v) is 22.7. The molecule has 4 heteroatoms. The number of hydrogen-bond acceptors (Lipinski definition) is 3. The standard InChI is InChI=1S/C31H41NO2Si/c1-35(2,3)23-14-6-4-5-13-21-31-22-15-20-29(26-33-25-27-16-9-7-10-17-27)32(31)34-30(24-31)28-18-11-8-12-19-28/h4,6-12,16-19,29-30H,5,13,15,20-22,24-26H2,1-3H3/b6-4-/t29-,30+,31-/m0/s1. The molecule has 0 N–H and O–H groups in total. The van der Waals surface area contributed by atoms with Crippen molar-refractivity contribution in [2.24, 2.45) is 0 Å². The molecule has 2 aromatic carbocycles. The first-order valence-corrected chi connectivity index (χ1v) is 16.8. The fourth-order valence-corrected chi connectivity index (χ4v) is 5.88. The summed E-state index contributed by atoms with van der Waals surface area (Å²) in [6.45, 7) is 8.23. The number of piperidine rings is 1. The molecule has 2 saturated heterocycles. The van der Waals surface area contributed by atoms with Crippen LogP contribution in [0.15, 0.2) is 72.8 Å². The average Bonchev–Trinajstić information content (AvgIpc) is 3.25. The Morgan fingerprint density at radius 2 is 1.83 bits per heavy atom. The molecule has 2 heterocycles. The Balaban J connectivity index is 1.40. The molecule has 0 radical (unpaired) electrons. The van der Waals surface area contributed by atoms with Gasteiger partial charge in [-0.2, -0.15) is 5.06 Å². The number of hydrogen-bond donors (Lipinski definition) is 0. The minimum absolute atomic E-state index is 0.0946. The third-order valence-corrected chi connectivity index (χ3v) is 7.93. The molecule has 2 aliphatic rings. The van der Waals surface area contributed by atoms with Crippen LogP contribution in [0.4, 0.5) is 0 Å². The van der Waals surface area contributed by atoms with Crippen LogP contribution in [0.3, 0.4) is 0 Å². The SMILES string of the molecule is C[Si](C)(C)C#C/C=C\CCC[C@@]12CCC[C@@H](COCc3ccccc3)N1O[C@@H](c1ccccc1)C2. The van der Waals surface area contributed by atoms with Crippen molar-refractivity contribution in [3.8, 4) is 11.5 Å². The van der Waals surface area contributed by atoms with Crippen molar-refractivity contribution in [2.75, 3.05) is 6.61 Å². The normalized spacial score (nSPS) is 24.8. The van der Waals surface area contributed by atoms with E-state index in [4.69, 9.17) is 9.57 Å². The minimum atomic E-state index is -1.30. The van der Waals surface area contributed by atoms with Crippen molar-refractivity contribution in [2.45, 2.75) is 88.9 Å². The Morgan fingerprint density at radius 3 is 2.57 bits per heavy atom. The van der Waals surface area contributed by atoms with Crippen LogP contribution in [-0.4, -0.2) is 31.3 Å². The van der Waals surface area contributed by atoms with E-state index < -0.39 is 8.07 Å². The summed E-state index contributed by atoms with van der Waals surface area (Å²) in [7, 11) is -1.30. The topological polar surface area (TPSA) is 21.7 Å². The Labute approximate surface area is 213 Å². The summed E-state index contributed by atoms with van der Waals surface area (Å²) in [6.07, 6.45) is 12.4. The third kappa shape index (κ3) is 7.41. The van der Waals surface area contributed by atoms with Crippen LogP contribution in [0, 0.1) is 11.5 Å². The van der Waals surface area contributed by atoms with Gasteiger partial charge in [-0.15, -0.1) is 5.54 Å². The molecule has 2 aliphatic heterocycles. The average molecular weight is 488 g/mol. The van der Waals surface area contributed by atoms with Crippen molar-refractivity contribution in [3.05, 3.63) is 83.9 Å². The molecule has 3 atom stereocenters. The first kappa shape index (κ1) is 25.9. The largest absolute Gasteiger partial charge is 0.375 e. The highest BCUT2D eigenvalue weighted by atomic mass is 28.3. The Kier molecular flexibility index (Phi) is 9.03. The van der Waals surface area contributed by atoms with Gasteiger partial charge in [-0.25, -0.2) is 0 Å². The monoisotopic (exact) mass is 487 g/mol. The van der Waals surface area contributed by atoms with E-state index in [0.717, 1.165) is 32.1 Å². The Morgan fingerprint density at radius 1 is 1.09 bits per heavy atom. The van der Waals surface area contributed by atoms with Gasteiger partial charge in [0.25, 0.3) is 0 Å². The van der Waals surface area contributed by atoms with Gasteiger partial charge in [0.2, 0.25) is 0 Å². The maximum Gasteiger partial charge on any atom is 0.129 e. The molecule has 3 nitrogen and oxygen atoms in total. The predicted octanol–water partition coefficient (Wildman–Crippen LogP) is 7.48. The molecule has 186 valence electrons. The fourth-order valence-electron chi connectivity index (χ4n) is 5.36. The van der Waals surface area contributed by atoms with E-state index in [9.17, 15) is 0 Å². The third-order valence-electron chi connectivity index (χ3n) is 7.04. The van der Waals surface area contributed by atoms with E-state index in [0.29, 0.717) is 19.3 Å². The van der Waals surface area contributed by atoms with Gasteiger partial charge in [-0.3, -0.25) is 4.84 Å². The van der Waals surface area contributed by atoms with Gasteiger partial charge in [-0.05, 0) is 55.7 Å². The smallest absolute Gasteiger partial charge is 0.129 e. The number of benzene rings is 2. The number of nitrogens with zero attached hydrogens (tertiary/aromatic N) is 1. The summed E-state index contributed by atoms with van der Waals surface area (Å²) in [5, 5.41) is 2.37. The maximum atomic E-state index is 6.72. The quantitative estimate of drug-likeness (QED) is 0.208. The van der Waals surface area contributed by atoms with Gasteiger partial charge in [0.1, 0.15) is 14.2 Å². The number of rotatable bonds is 9. The summed E-state index contributed by atoms with van der Waals surface area (Å²) in [5.41, 5.74) is 6.02. The van der Waals surface area contributed by atoms with Crippen molar-refractivity contribution in [1.29, 1.82) is 0 Å². The van der Waals surface area contributed by atoms with Crippen LogP contribution in [0.2, 0.25) is 19.6 Å². The van der Waals surface area contributed by atoms with E-state index >= 15 is 0 Å². The summed E-state index contributed by atoms with van der Waals surface area (Å²) >= 11 is 0. The highest BCUT2D eigenvalue weighted by molar-refractivity contribution is 6.83. The molecule has 35 heavy (non-hydrogen) atoms. The molecule has 0 aliphatic carbocycles. The van der Waals surface area contributed by atoms with Gasteiger partial charge in [0, 0.05) is 12.0 Å². The summed E-state index contributed by atoms with van der Waals surface area (Å²) < 4.78 is 6.21. The molecule has 4 rings (SSSR count). The zero-order chi connectivity index (χ0) is 24.6. The maximum absolute atomic E-state index is 6.72. The molecule has 0 saturated carbocycles. The molecule has 0 spiro atoms. The summed E-state index contributed by atoms with van der Waals surface area (Å²) in [4.78, 5) is 6.72. The fraction of sp³-hybridized carbons (Fsp3) is 0.484. The Hall–Kier alpha value is -2.16. The second-order valence-corrected chi connectivity index (χ2v) is 15.9. The van der Waals surface area contributed by atoms with Crippen LogP contribution in [0.1, 0.15) is 62.2 Å². The first-order valence-electron chi connectivity index (χ1n) is 13.3. The second-order valence-electron chi connectivity index (χ2n) is 11.1. The molecule has 0 bridgehead atoms. The highest BCUT2D eigenvalue weighted by Gasteiger charge is 2.51. The lowest BCUT2D eigenvalue weighted by Crippen LogP contribution is -2.53. The molecule has 2 fully saturated rings. The van der Waals surface area contributed by atoms with Crippen LogP contribution < -0.4 is 0 Å². The summed E-state index contributed by atoms with van der Waals surface area (Å²) in [5.74, 6) is 3.26. The van der Waals surface area contributed by atoms with E-state index in [2.05, 4.69) is 109 Å². The van der Waals surface area contributed by atoms with Crippen LogP contribution in [0.25, 0.3) is 0 Å². The lowest BCUT2D eigenvalue weighted by Gasteiger charge is -2.45. The van der Waals surface area contributed by atoms with Gasteiger partial charge >= 0.3 is 0 Å². The molecular formula is C31H41NO2Si. The second kappa shape index (κ2) is 12.2. The molecule has 0 aromatic heterocycles. The van der Waals surface area contributed by atoms with Crippen LogP contribution in [-0.2, 0) is 16.2 Å². The number of unbranched alkanes of at least 4 members (excludes halogenated alkanes) is 1. The molecule has 0 unspecified atom stereocenters. The minimum Gasteiger partial charge on any atom is -0.375 e. The van der Waals surface area contributed by atoms with E-state index in [1.54, 1.807) is 0 Å². The van der Waals surface area contributed by atoms with E-state index in [1.807, 2.05) is 0 Å². The van der Waals surface area contributed by atoms with Gasteiger partial charge < -0.3 is 4.74 Å². The van der Waals surface area contributed by atoms with Crippen LogP contribution >= 0.6 is 0 Å². The Bertz CT molecular complexity index is 1010. The van der Waals surface area contributed by atoms with Crippen molar-refractivity contribution < 1.29 is 9.57 Å². The van der Waals surface area contributed by atoms with Gasteiger partial charge in [0.15, 0.2) is 0 Å².